The molecule has 0 unspecified atom stereocenters. The van der Waals surface area contributed by atoms with Crippen molar-refractivity contribution in [2.75, 3.05) is 20.7 Å². The monoisotopic (exact) mass is 368 g/mol. The number of aromatic amines is 1. The molecule has 1 aliphatic heterocycles. The average molecular weight is 368 g/mol. The Morgan fingerprint density at radius 2 is 2.07 bits per heavy atom. The Hall–Kier alpha value is -2.44. The van der Waals surface area contributed by atoms with E-state index in [-0.39, 0.29) is 18.1 Å². The quantitative estimate of drug-likeness (QED) is 0.363. The molecule has 2 heterocycles. The molecule has 0 saturated carbocycles. The van der Waals surface area contributed by atoms with Crippen LogP contribution in [0.15, 0.2) is 35.9 Å². The normalized spacial score (nSPS) is 32.1. The van der Waals surface area contributed by atoms with Crippen LogP contribution in [0.25, 0.3) is 10.9 Å². The lowest BCUT2D eigenvalue weighted by Gasteiger charge is -2.54. The van der Waals surface area contributed by atoms with E-state index in [0.29, 0.717) is 18.7 Å². The summed E-state index contributed by atoms with van der Waals surface area (Å²) >= 11 is 0. The number of esters is 1. The summed E-state index contributed by atoms with van der Waals surface area (Å²) in [6.07, 6.45) is 2.46. The SMILES string of the molecule is C/C=C1/C[N@+](C)([O-])[C@H]2Cc3c([nH]c4ccccc34)C(=O)C[C@H]1[C@H]2C(=O)OC. The van der Waals surface area contributed by atoms with Crippen molar-refractivity contribution in [1.82, 2.24) is 4.98 Å². The first kappa shape index (κ1) is 17.9. The maximum absolute atomic E-state index is 13.5. The standard InChI is InChI=1S/C21H24N2O4/c1-4-12-11-23(2,26)17-9-15-13-7-5-6-8-16(13)22-20(15)18(24)10-14(12)19(17)21(25)27-3/h4-8,14,17,19,22H,9-11H2,1-3H3/b12-4-/t14-,17+,19-,23+/m1/s1. The van der Waals surface area contributed by atoms with Crippen molar-refractivity contribution in [3.05, 3.63) is 52.4 Å². The Bertz CT molecular complexity index is 956. The second-order valence-corrected chi connectivity index (χ2v) is 7.77. The molecule has 4 atom stereocenters. The fourth-order valence-corrected chi connectivity index (χ4v) is 4.94. The van der Waals surface area contributed by atoms with Gasteiger partial charge in [0.2, 0.25) is 0 Å². The van der Waals surface area contributed by atoms with E-state index in [9.17, 15) is 14.8 Å². The van der Waals surface area contributed by atoms with Crippen molar-refractivity contribution < 1.29 is 19.0 Å². The number of para-hydroxylation sites is 1. The van der Waals surface area contributed by atoms with Crippen molar-refractivity contribution >= 4 is 22.7 Å². The van der Waals surface area contributed by atoms with Crippen LogP contribution in [0.5, 0.6) is 0 Å². The summed E-state index contributed by atoms with van der Waals surface area (Å²) in [5.41, 5.74) is 3.17. The first-order valence-corrected chi connectivity index (χ1v) is 9.29. The van der Waals surface area contributed by atoms with E-state index >= 15 is 0 Å². The number of ether oxygens (including phenoxy) is 1. The Balaban J connectivity index is 1.94. The number of nitrogens with zero attached hydrogens (tertiary/aromatic N) is 1. The van der Waals surface area contributed by atoms with Gasteiger partial charge < -0.3 is 19.6 Å². The number of nitrogens with one attached hydrogen (secondary N) is 1. The van der Waals surface area contributed by atoms with E-state index in [4.69, 9.17) is 4.74 Å². The van der Waals surface area contributed by atoms with Crippen LogP contribution >= 0.6 is 0 Å². The Morgan fingerprint density at radius 1 is 1.33 bits per heavy atom. The number of fused-ring (bicyclic) bond motifs is 5. The van der Waals surface area contributed by atoms with Gasteiger partial charge in [0.05, 0.1) is 19.9 Å². The molecule has 0 spiro atoms. The van der Waals surface area contributed by atoms with Gasteiger partial charge in [-0.25, -0.2) is 0 Å². The number of ketones is 1. The highest BCUT2D eigenvalue weighted by Crippen LogP contribution is 2.44. The molecule has 0 radical (unpaired) electrons. The second-order valence-electron chi connectivity index (χ2n) is 7.77. The Kier molecular flexibility index (Phi) is 4.20. The lowest BCUT2D eigenvalue weighted by molar-refractivity contribution is -0.890. The highest BCUT2D eigenvalue weighted by atomic mass is 16.5. The molecule has 1 saturated heterocycles. The summed E-state index contributed by atoms with van der Waals surface area (Å²) in [5.74, 6) is -1.33. The summed E-state index contributed by atoms with van der Waals surface area (Å²) in [7, 11) is 2.97. The summed E-state index contributed by atoms with van der Waals surface area (Å²) in [4.78, 5) is 29.1. The molecule has 2 aromatic rings. The third kappa shape index (κ3) is 2.71. The van der Waals surface area contributed by atoms with Gasteiger partial charge in [0, 0.05) is 29.7 Å². The molecule has 1 fully saturated rings. The van der Waals surface area contributed by atoms with Gasteiger partial charge in [-0.2, -0.15) is 0 Å². The molecule has 6 nitrogen and oxygen atoms in total. The number of carbonyl (C=O) groups excluding carboxylic acids is 2. The summed E-state index contributed by atoms with van der Waals surface area (Å²) < 4.78 is 4.53. The molecular weight excluding hydrogens is 344 g/mol. The number of hydrogen-bond donors (Lipinski definition) is 1. The smallest absolute Gasteiger partial charge is 0.315 e. The van der Waals surface area contributed by atoms with Crippen LogP contribution in [0.3, 0.4) is 0 Å². The van der Waals surface area contributed by atoms with Crippen LogP contribution in [0.4, 0.5) is 0 Å². The first-order chi connectivity index (χ1) is 12.9. The van der Waals surface area contributed by atoms with Crippen molar-refractivity contribution in [3.63, 3.8) is 0 Å². The third-order valence-corrected chi connectivity index (χ3v) is 6.28. The molecule has 0 amide bonds. The largest absolute Gasteiger partial charge is 0.633 e. The number of benzene rings is 1. The number of likely N-dealkylation sites (N-methyl/N-ethyl adjacent to an activating group) is 1. The van der Waals surface area contributed by atoms with E-state index in [0.717, 1.165) is 22.0 Å². The Morgan fingerprint density at radius 3 is 2.78 bits per heavy atom. The summed E-state index contributed by atoms with van der Waals surface area (Å²) in [6, 6.07) is 7.24. The first-order valence-electron chi connectivity index (χ1n) is 9.29. The number of Topliss-reactive ketones (excluding diaryl/α,β-unsaturated/α-hetero) is 1. The molecule has 1 aromatic heterocycles. The zero-order chi connectivity index (χ0) is 19.3. The van der Waals surface area contributed by atoms with E-state index in [1.165, 1.54) is 7.11 Å². The number of aromatic nitrogens is 1. The number of H-pyrrole nitrogens is 1. The molecule has 1 aliphatic carbocycles. The molecule has 1 aromatic carbocycles. The molecule has 6 heteroatoms. The summed E-state index contributed by atoms with van der Waals surface area (Å²) in [6.45, 7) is 2.16. The number of likely N-dealkylation sites (tertiary alicyclic amines) is 1. The van der Waals surface area contributed by atoms with Gasteiger partial charge in [-0.05, 0) is 24.1 Å². The van der Waals surface area contributed by atoms with Gasteiger partial charge in [0.1, 0.15) is 18.5 Å². The Labute approximate surface area is 158 Å². The lowest BCUT2D eigenvalue weighted by Crippen LogP contribution is -2.62. The van der Waals surface area contributed by atoms with Crippen LogP contribution in [0.1, 0.15) is 29.4 Å². The average Bonchev–Trinajstić information content (AvgIpc) is 3.01. The van der Waals surface area contributed by atoms with E-state index in [1.54, 1.807) is 7.05 Å². The highest BCUT2D eigenvalue weighted by Gasteiger charge is 2.51. The van der Waals surface area contributed by atoms with Crippen LogP contribution in [-0.4, -0.2) is 48.1 Å². The summed E-state index contributed by atoms with van der Waals surface area (Å²) in [5, 5.41) is 14.4. The van der Waals surface area contributed by atoms with Gasteiger partial charge in [-0.15, -0.1) is 0 Å². The number of carbonyl (C=O) groups is 2. The number of hydrogen-bond acceptors (Lipinski definition) is 4. The van der Waals surface area contributed by atoms with Crippen molar-refractivity contribution in [2.45, 2.75) is 25.8 Å². The topological polar surface area (TPSA) is 82.2 Å². The van der Waals surface area contributed by atoms with Gasteiger partial charge in [-0.3, -0.25) is 9.59 Å². The minimum atomic E-state index is -0.622. The van der Waals surface area contributed by atoms with Crippen LogP contribution in [-0.2, 0) is 16.0 Å². The number of quaternary nitrogens is 1. The van der Waals surface area contributed by atoms with Crippen molar-refractivity contribution in [3.8, 4) is 0 Å². The minimum Gasteiger partial charge on any atom is -0.633 e. The fraction of sp³-hybridized carbons (Fsp3) is 0.429. The molecule has 142 valence electrons. The number of hydroxylamine groups is 3. The molecule has 27 heavy (non-hydrogen) atoms. The molecule has 1 N–H and O–H groups in total. The number of allylic oxidation sites excluding steroid dienone is 1. The van der Waals surface area contributed by atoms with E-state index in [2.05, 4.69) is 4.98 Å². The van der Waals surface area contributed by atoms with Gasteiger partial charge in [-0.1, -0.05) is 24.3 Å². The molecular formula is C21H24N2O4. The van der Waals surface area contributed by atoms with Gasteiger partial charge >= 0.3 is 5.97 Å². The zero-order valence-electron chi connectivity index (χ0n) is 15.8. The van der Waals surface area contributed by atoms with Crippen molar-refractivity contribution in [1.29, 1.82) is 0 Å². The van der Waals surface area contributed by atoms with E-state index in [1.807, 2.05) is 37.3 Å². The minimum absolute atomic E-state index is 0.0140. The fourth-order valence-electron chi connectivity index (χ4n) is 4.94. The second kappa shape index (κ2) is 6.32. The predicted molar refractivity (Wildman–Crippen MR) is 102 cm³/mol. The zero-order valence-corrected chi connectivity index (χ0v) is 15.8. The van der Waals surface area contributed by atoms with Crippen LogP contribution < -0.4 is 0 Å². The molecule has 2 aliphatic rings. The number of methoxy groups -OCH3 is 1. The predicted octanol–water partition coefficient (Wildman–Crippen LogP) is 2.98. The van der Waals surface area contributed by atoms with Gasteiger partial charge in [0.15, 0.2) is 5.78 Å². The maximum atomic E-state index is 13.5. The van der Waals surface area contributed by atoms with Crippen LogP contribution in [0, 0.1) is 17.0 Å². The third-order valence-electron chi connectivity index (χ3n) is 6.28. The number of piperidine rings is 1. The van der Waals surface area contributed by atoms with E-state index < -0.39 is 22.6 Å². The van der Waals surface area contributed by atoms with Crippen molar-refractivity contribution in [2.24, 2.45) is 11.8 Å². The number of rotatable bonds is 1. The molecule has 2 bridgehead atoms. The van der Waals surface area contributed by atoms with Gasteiger partial charge in [0.25, 0.3) is 0 Å². The maximum Gasteiger partial charge on any atom is 0.315 e. The van der Waals surface area contributed by atoms with Crippen LogP contribution in [0.2, 0.25) is 0 Å². The molecule has 4 rings (SSSR count). The lowest BCUT2D eigenvalue weighted by atomic mass is 9.70. The highest BCUT2D eigenvalue weighted by molar-refractivity contribution is 6.03.